The highest BCUT2D eigenvalue weighted by Gasteiger charge is 2.23. The van der Waals surface area contributed by atoms with Crippen LogP contribution in [0.15, 0.2) is 12.2 Å². The summed E-state index contributed by atoms with van der Waals surface area (Å²) in [5.41, 5.74) is 0. The molecule has 1 saturated heterocycles. The van der Waals surface area contributed by atoms with Crippen molar-refractivity contribution in [1.29, 1.82) is 0 Å². The second-order valence-electron chi connectivity index (χ2n) is 3.52. The first kappa shape index (κ1) is 10.8. The Bertz CT molecular complexity index is 260. The van der Waals surface area contributed by atoms with Crippen LogP contribution >= 0.6 is 0 Å². The van der Waals surface area contributed by atoms with Crippen molar-refractivity contribution in [2.75, 3.05) is 13.1 Å². The average molecular weight is 197 g/mol. The molecule has 1 aliphatic rings. The first-order chi connectivity index (χ1) is 6.63. The molecule has 0 saturated carbocycles. The van der Waals surface area contributed by atoms with Gasteiger partial charge in [-0.15, -0.1) is 0 Å². The number of amides is 1. The molecule has 4 heteroatoms. The van der Waals surface area contributed by atoms with Gasteiger partial charge in [0, 0.05) is 25.2 Å². The maximum absolute atomic E-state index is 11.4. The van der Waals surface area contributed by atoms with Crippen LogP contribution in [-0.2, 0) is 9.59 Å². The third-order valence-electron chi connectivity index (χ3n) is 2.54. The van der Waals surface area contributed by atoms with E-state index < -0.39 is 5.97 Å². The predicted octanol–water partition coefficient (Wildman–Crippen LogP) is 0.886. The Balaban J connectivity index is 2.43. The van der Waals surface area contributed by atoms with Crippen molar-refractivity contribution in [1.82, 2.24) is 4.90 Å². The second kappa shape index (κ2) is 4.79. The van der Waals surface area contributed by atoms with E-state index in [4.69, 9.17) is 5.11 Å². The lowest BCUT2D eigenvalue weighted by atomic mass is 10.1. The normalized spacial score (nSPS) is 21.8. The van der Waals surface area contributed by atoms with E-state index in [0.717, 1.165) is 38.1 Å². The van der Waals surface area contributed by atoms with Crippen molar-refractivity contribution in [3.05, 3.63) is 12.2 Å². The molecule has 1 rings (SSSR count). The zero-order chi connectivity index (χ0) is 10.6. The largest absolute Gasteiger partial charge is 0.478 e. The Morgan fingerprint density at radius 1 is 1.50 bits per heavy atom. The van der Waals surface area contributed by atoms with E-state index in [1.165, 1.54) is 0 Å². The molecule has 0 aromatic carbocycles. The smallest absolute Gasteiger partial charge is 0.328 e. The van der Waals surface area contributed by atoms with E-state index in [9.17, 15) is 9.59 Å². The molecule has 4 nitrogen and oxygen atoms in total. The quantitative estimate of drug-likeness (QED) is 0.683. The number of nitrogens with zero attached hydrogens (tertiary/aromatic N) is 1. The summed E-state index contributed by atoms with van der Waals surface area (Å²) in [5, 5.41) is 8.35. The van der Waals surface area contributed by atoms with E-state index in [-0.39, 0.29) is 5.91 Å². The molecule has 1 heterocycles. The van der Waals surface area contributed by atoms with Crippen LogP contribution in [0.1, 0.15) is 19.8 Å². The molecule has 0 radical (unpaired) electrons. The van der Waals surface area contributed by atoms with E-state index >= 15 is 0 Å². The van der Waals surface area contributed by atoms with Gasteiger partial charge in [-0.2, -0.15) is 0 Å². The third-order valence-corrected chi connectivity index (χ3v) is 2.54. The van der Waals surface area contributed by atoms with Gasteiger partial charge in [0.15, 0.2) is 0 Å². The summed E-state index contributed by atoms with van der Waals surface area (Å²) in [6.45, 7) is 3.62. The number of carbonyl (C=O) groups excluding carboxylic acids is 1. The highest BCUT2D eigenvalue weighted by atomic mass is 16.4. The molecular formula is C10H15NO3. The fourth-order valence-electron chi connectivity index (χ4n) is 1.61. The summed E-state index contributed by atoms with van der Waals surface area (Å²) in [6.07, 6.45) is 4.12. The van der Waals surface area contributed by atoms with Gasteiger partial charge in [0.1, 0.15) is 0 Å². The van der Waals surface area contributed by atoms with Crippen LogP contribution in [0.2, 0.25) is 0 Å². The molecule has 1 N–H and O–H groups in total. The van der Waals surface area contributed by atoms with E-state index in [0.29, 0.717) is 5.92 Å². The van der Waals surface area contributed by atoms with Crippen LogP contribution in [0, 0.1) is 5.92 Å². The number of rotatable bonds is 3. The molecule has 14 heavy (non-hydrogen) atoms. The minimum Gasteiger partial charge on any atom is -0.478 e. The monoisotopic (exact) mass is 197 g/mol. The minimum atomic E-state index is -1.08. The zero-order valence-electron chi connectivity index (χ0n) is 8.27. The molecule has 78 valence electrons. The zero-order valence-corrected chi connectivity index (χ0v) is 8.27. The molecular weight excluding hydrogens is 182 g/mol. The van der Waals surface area contributed by atoms with Crippen LogP contribution in [0.25, 0.3) is 0 Å². The molecule has 0 aliphatic carbocycles. The van der Waals surface area contributed by atoms with Crippen LogP contribution in [0.5, 0.6) is 0 Å². The molecule has 1 aliphatic heterocycles. The van der Waals surface area contributed by atoms with E-state index in [2.05, 4.69) is 6.92 Å². The minimum absolute atomic E-state index is 0.191. The Morgan fingerprint density at radius 2 is 2.21 bits per heavy atom. The first-order valence-electron chi connectivity index (χ1n) is 4.83. The maximum Gasteiger partial charge on any atom is 0.328 e. The van der Waals surface area contributed by atoms with Crippen molar-refractivity contribution >= 4 is 11.9 Å². The van der Waals surface area contributed by atoms with Crippen molar-refractivity contribution < 1.29 is 14.7 Å². The topological polar surface area (TPSA) is 57.6 Å². The molecule has 0 bridgehead atoms. The predicted molar refractivity (Wildman–Crippen MR) is 51.8 cm³/mol. The summed E-state index contributed by atoms with van der Waals surface area (Å²) in [6, 6.07) is 0. The maximum atomic E-state index is 11.4. The Hall–Kier alpha value is -1.32. The van der Waals surface area contributed by atoms with Crippen LogP contribution < -0.4 is 0 Å². The second-order valence-corrected chi connectivity index (χ2v) is 3.52. The summed E-state index contributed by atoms with van der Waals surface area (Å²) in [4.78, 5) is 23.3. The van der Waals surface area contributed by atoms with Crippen molar-refractivity contribution in [3.8, 4) is 0 Å². The Kier molecular flexibility index (Phi) is 3.68. The van der Waals surface area contributed by atoms with Gasteiger partial charge in [0.25, 0.3) is 0 Å². The molecule has 0 spiro atoms. The molecule has 1 atom stereocenters. The Labute approximate surface area is 83.2 Å². The number of carbonyl (C=O) groups is 2. The van der Waals surface area contributed by atoms with Gasteiger partial charge in [0.05, 0.1) is 0 Å². The van der Waals surface area contributed by atoms with Gasteiger partial charge >= 0.3 is 5.97 Å². The first-order valence-corrected chi connectivity index (χ1v) is 4.83. The average Bonchev–Trinajstić information content (AvgIpc) is 2.62. The van der Waals surface area contributed by atoms with Crippen molar-refractivity contribution in [2.24, 2.45) is 5.92 Å². The summed E-state index contributed by atoms with van der Waals surface area (Å²) < 4.78 is 0. The molecule has 0 aromatic heterocycles. The molecule has 0 aromatic rings. The third kappa shape index (κ3) is 2.87. The Morgan fingerprint density at radius 3 is 2.71 bits per heavy atom. The number of likely N-dealkylation sites (tertiary alicyclic amines) is 1. The molecule has 1 unspecified atom stereocenters. The summed E-state index contributed by atoms with van der Waals surface area (Å²) in [5.74, 6) is -0.690. The standard InChI is InChI=1S/C10H15NO3/c1-2-8-5-6-11(7-8)9(12)3-4-10(13)14/h3-4,8H,2,5-7H2,1H3,(H,13,14)/b4-3+. The van der Waals surface area contributed by atoms with Gasteiger partial charge < -0.3 is 10.0 Å². The number of aliphatic carboxylic acids is 1. The lowest BCUT2D eigenvalue weighted by Gasteiger charge is -2.13. The van der Waals surface area contributed by atoms with Gasteiger partial charge in [-0.3, -0.25) is 4.79 Å². The summed E-state index contributed by atoms with van der Waals surface area (Å²) >= 11 is 0. The van der Waals surface area contributed by atoms with Gasteiger partial charge in [-0.25, -0.2) is 4.79 Å². The van der Waals surface area contributed by atoms with Crippen molar-refractivity contribution in [2.45, 2.75) is 19.8 Å². The fourth-order valence-corrected chi connectivity index (χ4v) is 1.61. The molecule has 1 amide bonds. The van der Waals surface area contributed by atoms with Gasteiger partial charge in [0.2, 0.25) is 5.91 Å². The highest BCUT2D eigenvalue weighted by Crippen LogP contribution is 2.18. The fraction of sp³-hybridized carbons (Fsp3) is 0.600. The number of hydrogen-bond acceptors (Lipinski definition) is 2. The van der Waals surface area contributed by atoms with Gasteiger partial charge in [-0.05, 0) is 12.3 Å². The SMILES string of the molecule is CCC1CCN(C(=O)/C=C/C(=O)O)C1. The van der Waals surface area contributed by atoms with Crippen LogP contribution in [-0.4, -0.2) is 35.0 Å². The summed E-state index contributed by atoms with van der Waals surface area (Å²) in [7, 11) is 0. The van der Waals surface area contributed by atoms with E-state index in [1.54, 1.807) is 4.90 Å². The van der Waals surface area contributed by atoms with Crippen LogP contribution in [0.4, 0.5) is 0 Å². The molecule has 1 fully saturated rings. The van der Waals surface area contributed by atoms with Crippen LogP contribution in [0.3, 0.4) is 0 Å². The van der Waals surface area contributed by atoms with Gasteiger partial charge in [-0.1, -0.05) is 13.3 Å². The number of hydrogen-bond donors (Lipinski definition) is 1. The number of carboxylic acids is 1. The van der Waals surface area contributed by atoms with E-state index in [1.807, 2.05) is 0 Å². The lowest BCUT2D eigenvalue weighted by molar-refractivity contribution is -0.132. The highest BCUT2D eigenvalue weighted by molar-refractivity contribution is 5.94. The van der Waals surface area contributed by atoms with Crippen molar-refractivity contribution in [3.63, 3.8) is 0 Å². The number of carboxylic acid groups (broad SMARTS) is 1. The lowest BCUT2D eigenvalue weighted by Crippen LogP contribution is -2.26.